The van der Waals surface area contributed by atoms with Gasteiger partial charge in [0, 0.05) is 29.8 Å². The normalized spacial score (nSPS) is 19.6. The summed E-state index contributed by atoms with van der Waals surface area (Å²) in [7, 11) is 1.52. The van der Waals surface area contributed by atoms with Crippen LogP contribution in [0.5, 0.6) is 11.5 Å². The van der Waals surface area contributed by atoms with E-state index in [1.54, 1.807) is 12.1 Å². The Balaban J connectivity index is 2.14. The Labute approximate surface area is 165 Å². The Morgan fingerprint density at radius 2 is 2.22 bits per heavy atom. The topological polar surface area (TPSA) is 61.8 Å². The van der Waals surface area contributed by atoms with Crippen LogP contribution in [0.15, 0.2) is 36.1 Å². The van der Waals surface area contributed by atoms with E-state index in [0.29, 0.717) is 29.3 Å². The van der Waals surface area contributed by atoms with Gasteiger partial charge in [-0.25, -0.2) is 0 Å². The van der Waals surface area contributed by atoms with Crippen LogP contribution in [0.25, 0.3) is 0 Å². The summed E-state index contributed by atoms with van der Waals surface area (Å²) in [4.78, 5) is 14.9. The number of phenols is 1. The van der Waals surface area contributed by atoms with E-state index < -0.39 is 0 Å². The molecule has 0 amide bonds. The predicted octanol–water partition coefficient (Wildman–Crippen LogP) is 3.78. The Bertz CT molecular complexity index is 816. The number of hydrogen-bond donors (Lipinski definition) is 2. The third-order valence-electron chi connectivity index (χ3n) is 5.10. The smallest absolute Gasteiger partial charge is 0.173 e. The molecule has 6 heteroatoms. The number of hydrogen-bond acceptors (Lipinski definition) is 4. The van der Waals surface area contributed by atoms with Gasteiger partial charge in [0.1, 0.15) is 0 Å². The molecule has 1 aliphatic heterocycles. The first-order valence-corrected chi connectivity index (χ1v) is 9.77. The lowest BCUT2D eigenvalue weighted by molar-refractivity contribution is -0.116. The molecule has 0 aromatic heterocycles. The van der Waals surface area contributed by atoms with Crippen LogP contribution in [0.3, 0.4) is 0 Å². The highest BCUT2D eigenvalue weighted by molar-refractivity contribution is 7.80. The molecule has 1 aromatic rings. The van der Waals surface area contributed by atoms with Crippen LogP contribution in [0.1, 0.15) is 49.8 Å². The average Bonchev–Trinajstić information content (AvgIpc) is 2.65. The van der Waals surface area contributed by atoms with Gasteiger partial charge in [0.25, 0.3) is 0 Å². The molecule has 1 unspecified atom stereocenters. The summed E-state index contributed by atoms with van der Waals surface area (Å²) < 4.78 is 5.36. The molecular weight excluding hydrogens is 360 g/mol. The number of benzene rings is 1. The van der Waals surface area contributed by atoms with Gasteiger partial charge in [0.15, 0.2) is 22.4 Å². The molecule has 0 bridgehead atoms. The molecule has 2 aliphatic rings. The standard InChI is InChI=1S/C21H26N2O3S/c1-4-7-13-11-14(12-17(26-3)20(13)25)19-18-15(8-6-9-16(18)24)23(10-5-2)21(27)22-19/h4,11-12,19,25H,1,5-10H2,2-3H3,(H,22,27). The SMILES string of the molecule is C=CCc1cc(C2NC(=S)N(CCC)C3=C2C(=O)CCC3)cc(OC)c1O. The van der Waals surface area contributed by atoms with Crippen molar-refractivity contribution in [3.8, 4) is 11.5 Å². The number of phenolic OH excluding ortho intramolecular Hbond substituents is 1. The largest absolute Gasteiger partial charge is 0.504 e. The van der Waals surface area contributed by atoms with Gasteiger partial charge in [0.05, 0.1) is 13.2 Å². The van der Waals surface area contributed by atoms with Crippen molar-refractivity contribution in [2.24, 2.45) is 0 Å². The molecule has 5 nitrogen and oxygen atoms in total. The summed E-state index contributed by atoms with van der Waals surface area (Å²) >= 11 is 5.62. The van der Waals surface area contributed by atoms with E-state index >= 15 is 0 Å². The molecule has 0 saturated heterocycles. The number of methoxy groups -OCH3 is 1. The number of nitrogens with zero attached hydrogens (tertiary/aromatic N) is 1. The van der Waals surface area contributed by atoms with Crippen LogP contribution in [-0.2, 0) is 11.2 Å². The van der Waals surface area contributed by atoms with Gasteiger partial charge in [-0.15, -0.1) is 6.58 Å². The number of allylic oxidation sites excluding steroid dienone is 2. The van der Waals surface area contributed by atoms with Crippen molar-refractivity contribution in [1.29, 1.82) is 0 Å². The van der Waals surface area contributed by atoms with Crippen LogP contribution in [0, 0.1) is 0 Å². The summed E-state index contributed by atoms with van der Waals surface area (Å²) in [5, 5.41) is 14.4. The van der Waals surface area contributed by atoms with Crippen molar-refractivity contribution in [2.45, 2.75) is 45.1 Å². The molecule has 0 fully saturated rings. The van der Waals surface area contributed by atoms with Crippen molar-refractivity contribution in [3.05, 3.63) is 47.2 Å². The molecule has 144 valence electrons. The molecule has 0 saturated carbocycles. The lowest BCUT2D eigenvalue weighted by Crippen LogP contribution is -2.49. The van der Waals surface area contributed by atoms with Gasteiger partial charge in [-0.2, -0.15) is 0 Å². The van der Waals surface area contributed by atoms with Crippen molar-refractivity contribution >= 4 is 23.1 Å². The zero-order valence-corrected chi connectivity index (χ0v) is 16.7. The second kappa shape index (κ2) is 8.13. The van der Waals surface area contributed by atoms with Gasteiger partial charge >= 0.3 is 0 Å². The van der Waals surface area contributed by atoms with E-state index in [9.17, 15) is 9.90 Å². The van der Waals surface area contributed by atoms with Crippen LogP contribution < -0.4 is 10.1 Å². The van der Waals surface area contributed by atoms with Gasteiger partial charge in [0.2, 0.25) is 0 Å². The quantitative estimate of drug-likeness (QED) is 0.573. The van der Waals surface area contributed by atoms with Crippen LogP contribution in [0.4, 0.5) is 0 Å². The maximum absolute atomic E-state index is 12.8. The number of aromatic hydroxyl groups is 1. The van der Waals surface area contributed by atoms with Crippen molar-refractivity contribution < 1.29 is 14.6 Å². The highest BCUT2D eigenvalue weighted by Gasteiger charge is 2.37. The van der Waals surface area contributed by atoms with Crippen molar-refractivity contribution in [3.63, 3.8) is 0 Å². The van der Waals surface area contributed by atoms with Crippen molar-refractivity contribution in [1.82, 2.24) is 10.2 Å². The first kappa shape index (κ1) is 19.4. The van der Waals surface area contributed by atoms with Crippen LogP contribution in [0.2, 0.25) is 0 Å². The fraction of sp³-hybridized carbons (Fsp3) is 0.429. The number of ether oxygens (including phenoxy) is 1. The molecule has 2 N–H and O–H groups in total. The highest BCUT2D eigenvalue weighted by atomic mass is 32.1. The van der Waals surface area contributed by atoms with Gasteiger partial charge in [-0.1, -0.05) is 13.0 Å². The van der Waals surface area contributed by atoms with E-state index in [4.69, 9.17) is 17.0 Å². The third kappa shape index (κ3) is 3.58. The number of carbonyl (C=O) groups excluding carboxylic acids is 1. The fourth-order valence-corrected chi connectivity index (χ4v) is 4.20. The Hall–Kier alpha value is -2.34. The molecule has 27 heavy (non-hydrogen) atoms. The Morgan fingerprint density at radius 3 is 2.89 bits per heavy atom. The van der Waals surface area contributed by atoms with E-state index in [1.165, 1.54) is 7.11 Å². The monoisotopic (exact) mass is 386 g/mol. The molecular formula is C21H26N2O3S. The zero-order chi connectivity index (χ0) is 19.6. The molecule has 1 heterocycles. The van der Waals surface area contributed by atoms with E-state index in [1.807, 2.05) is 6.07 Å². The van der Waals surface area contributed by atoms with Gasteiger partial charge < -0.3 is 20.1 Å². The summed E-state index contributed by atoms with van der Waals surface area (Å²) in [6.45, 7) is 6.66. The predicted molar refractivity (Wildman–Crippen MR) is 110 cm³/mol. The second-order valence-corrected chi connectivity index (χ2v) is 7.28. The third-order valence-corrected chi connectivity index (χ3v) is 5.44. The number of nitrogens with one attached hydrogen (secondary N) is 1. The number of Topliss-reactive ketones (excluding diaryl/α,β-unsaturated/α-hetero) is 1. The average molecular weight is 387 g/mol. The molecule has 1 atom stereocenters. The minimum absolute atomic E-state index is 0.108. The fourth-order valence-electron chi connectivity index (χ4n) is 3.88. The maximum atomic E-state index is 12.8. The molecule has 1 aromatic carbocycles. The number of carbonyl (C=O) groups is 1. The highest BCUT2D eigenvalue weighted by Crippen LogP contribution is 2.41. The Kier molecular flexibility index (Phi) is 5.85. The van der Waals surface area contributed by atoms with Crippen molar-refractivity contribution in [2.75, 3.05) is 13.7 Å². The lowest BCUT2D eigenvalue weighted by atomic mass is 9.84. The van der Waals surface area contributed by atoms with Gasteiger partial charge in [-0.3, -0.25) is 4.79 Å². The number of ketones is 1. The first-order chi connectivity index (χ1) is 13.0. The molecule has 0 spiro atoms. The van der Waals surface area contributed by atoms with E-state index in [-0.39, 0.29) is 17.6 Å². The molecule has 3 rings (SSSR count). The molecule has 0 radical (unpaired) electrons. The van der Waals surface area contributed by atoms with E-state index in [2.05, 4.69) is 23.7 Å². The minimum atomic E-state index is -0.327. The van der Waals surface area contributed by atoms with E-state index in [0.717, 1.165) is 42.6 Å². The van der Waals surface area contributed by atoms with Crippen LogP contribution in [-0.4, -0.2) is 34.6 Å². The summed E-state index contributed by atoms with van der Waals surface area (Å²) in [6, 6.07) is 3.36. The first-order valence-electron chi connectivity index (χ1n) is 9.36. The number of rotatable bonds is 6. The Morgan fingerprint density at radius 1 is 1.44 bits per heavy atom. The molecule has 1 aliphatic carbocycles. The van der Waals surface area contributed by atoms with Gasteiger partial charge in [-0.05, 0) is 55.6 Å². The maximum Gasteiger partial charge on any atom is 0.173 e. The summed E-state index contributed by atoms with van der Waals surface area (Å²) in [5.74, 6) is 0.657. The minimum Gasteiger partial charge on any atom is -0.504 e. The second-order valence-electron chi connectivity index (χ2n) is 6.89. The number of thiocarbonyl (C=S) groups is 1. The summed E-state index contributed by atoms with van der Waals surface area (Å²) in [5.41, 5.74) is 3.41. The van der Waals surface area contributed by atoms with Crippen LogP contribution >= 0.6 is 12.2 Å². The lowest BCUT2D eigenvalue weighted by Gasteiger charge is -2.41. The summed E-state index contributed by atoms with van der Waals surface area (Å²) in [6.07, 6.45) is 5.46. The zero-order valence-electron chi connectivity index (χ0n) is 15.9.